The van der Waals surface area contributed by atoms with Crippen LogP contribution in [0.5, 0.6) is 0 Å². The fraction of sp³-hybridized carbons (Fsp3) is 0.762. The van der Waals surface area contributed by atoms with Crippen molar-refractivity contribution in [2.45, 2.75) is 107 Å². The molecule has 2 heterocycles. The Morgan fingerprint density at radius 2 is 1.25 bits per heavy atom. The molecule has 24 heavy (non-hydrogen) atoms. The zero-order chi connectivity index (χ0) is 18.8. The summed E-state index contributed by atoms with van der Waals surface area (Å²) in [5.74, 6) is 0. The molecule has 1 nitrogen and oxygen atoms in total. The Labute approximate surface area is 159 Å². The van der Waals surface area contributed by atoms with Crippen LogP contribution in [0.3, 0.4) is 0 Å². The summed E-state index contributed by atoms with van der Waals surface area (Å²) >= 11 is 3.54. The molecule has 142 valence electrons. The van der Waals surface area contributed by atoms with Gasteiger partial charge in [0.1, 0.15) is 4.83 Å². The Morgan fingerprint density at radius 1 is 0.750 bits per heavy atom. The number of hydrogen-bond acceptors (Lipinski definition) is 3. The molecule has 0 aromatic carbocycles. The summed E-state index contributed by atoms with van der Waals surface area (Å²) in [6.07, 6.45) is 11.1. The lowest BCUT2D eigenvalue weighted by molar-refractivity contribution is 0.656. The molecular weight excluding hydrogens is 330 g/mol. The lowest BCUT2D eigenvalue weighted by Gasteiger charge is -1.90. The number of aromatic nitrogens is 1. The largest absolute Gasteiger partial charge is 0.231 e. The van der Waals surface area contributed by atoms with Crippen molar-refractivity contribution in [2.75, 3.05) is 0 Å². The van der Waals surface area contributed by atoms with Crippen molar-refractivity contribution < 1.29 is 0 Å². The van der Waals surface area contributed by atoms with Gasteiger partial charge in [-0.05, 0) is 19.9 Å². The Kier molecular flexibility index (Phi) is 20.4. The van der Waals surface area contributed by atoms with E-state index in [1.165, 1.54) is 70.8 Å². The molecule has 0 bridgehead atoms. The third-order valence-corrected chi connectivity index (χ3v) is 5.23. The number of thiophene rings is 1. The summed E-state index contributed by atoms with van der Waals surface area (Å²) in [6, 6.07) is 2.20. The van der Waals surface area contributed by atoms with E-state index >= 15 is 0 Å². The number of fused-ring (bicyclic) bond motifs is 1. The fourth-order valence-corrected chi connectivity index (χ4v) is 4.01. The van der Waals surface area contributed by atoms with Crippen molar-refractivity contribution >= 4 is 32.2 Å². The first-order valence-electron chi connectivity index (χ1n) is 9.92. The van der Waals surface area contributed by atoms with Crippen molar-refractivity contribution in [1.82, 2.24) is 4.98 Å². The molecule has 0 atom stereocenters. The lowest BCUT2D eigenvalue weighted by Crippen LogP contribution is -1.70. The van der Waals surface area contributed by atoms with E-state index in [1.807, 2.05) is 20.8 Å². The smallest absolute Gasteiger partial charge is 0.134 e. The highest BCUT2D eigenvalue weighted by molar-refractivity contribution is 7.27. The standard InChI is InChI=1S/C7H7NS2.C7H16.C5H12.C2H6/c1-4-3-6-7(9-4)8-5(2)10-6;1-3-5-7-6-4-2;1-3-5-4-2;1-2/h3H,1-2H3;3-7H2,1-2H3;3-5H2,1-2H3;1-2H3. The molecule has 3 heteroatoms. The zero-order valence-electron chi connectivity index (χ0n) is 17.5. The zero-order valence-corrected chi connectivity index (χ0v) is 19.1. The number of rotatable bonds is 6. The van der Waals surface area contributed by atoms with Gasteiger partial charge in [0.2, 0.25) is 0 Å². The minimum Gasteiger partial charge on any atom is -0.231 e. The molecule has 0 aliphatic carbocycles. The van der Waals surface area contributed by atoms with Crippen LogP contribution in [-0.2, 0) is 0 Å². The minimum absolute atomic E-state index is 1.17. The minimum atomic E-state index is 1.17. The van der Waals surface area contributed by atoms with Gasteiger partial charge >= 0.3 is 0 Å². The quantitative estimate of drug-likeness (QED) is 0.461. The first-order chi connectivity index (χ1) is 11.6. The van der Waals surface area contributed by atoms with Crippen molar-refractivity contribution in [3.63, 3.8) is 0 Å². The van der Waals surface area contributed by atoms with Crippen molar-refractivity contribution in [3.05, 3.63) is 16.0 Å². The van der Waals surface area contributed by atoms with Crippen LogP contribution in [-0.4, -0.2) is 4.98 Å². The maximum absolute atomic E-state index is 4.37. The second-order valence-electron chi connectivity index (χ2n) is 5.67. The first kappa shape index (κ1) is 25.8. The summed E-state index contributed by atoms with van der Waals surface area (Å²) in [5.41, 5.74) is 0. The first-order valence-corrected chi connectivity index (χ1v) is 11.6. The number of aryl methyl sites for hydroxylation is 2. The van der Waals surface area contributed by atoms with Crippen LogP contribution in [0.2, 0.25) is 0 Å². The molecule has 0 fully saturated rings. The molecule has 0 unspecified atom stereocenters. The second kappa shape index (κ2) is 18.9. The van der Waals surface area contributed by atoms with Crippen molar-refractivity contribution in [3.8, 4) is 0 Å². The van der Waals surface area contributed by atoms with Gasteiger partial charge in [0.15, 0.2) is 0 Å². The van der Waals surface area contributed by atoms with E-state index < -0.39 is 0 Å². The number of unbranched alkanes of at least 4 members (excludes halogenated alkanes) is 6. The van der Waals surface area contributed by atoms with Gasteiger partial charge in [-0.3, -0.25) is 0 Å². The maximum atomic E-state index is 4.37. The Balaban J connectivity index is 0. The molecule has 2 rings (SSSR count). The summed E-state index contributed by atoms with van der Waals surface area (Å²) in [7, 11) is 0. The molecule has 0 saturated carbocycles. The molecule has 0 saturated heterocycles. The summed E-state index contributed by atoms with van der Waals surface area (Å²) in [4.78, 5) is 6.92. The highest BCUT2D eigenvalue weighted by Crippen LogP contribution is 2.28. The van der Waals surface area contributed by atoms with Gasteiger partial charge in [-0.15, -0.1) is 22.7 Å². The lowest BCUT2D eigenvalue weighted by atomic mass is 10.2. The highest BCUT2D eigenvalue weighted by Gasteiger charge is 2.01. The SMILES string of the molecule is CC.CCCCC.CCCCCCC.Cc1cc2sc(C)nc2s1. The summed E-state index contributed by atoms with van der Waals surface area (Å²) in [5, 5.41) is 1.17. The van der Waals surface area contributed by atoms with Crippen LogP contribution in [0, 0.1) is 13.8 Å². The predicted molar refractivity (Wildman–Crippen MR) is 118 cm³/mol. The molecule has 0 aliphatic rings. The number of nitrogens with zero attached hydrogens (tertiary/aromatic N) is 1. The van der Waals surface area contributed by atoms with E-state index in [2.05, 4.69) is 45.7 Å². The van der Waals surface area contributed by atoms with Crippen LogP contribution < -0.4 is 0 Å². The normalized spacial score (nSPS) is 9.33. The van der Waals surface area contributed by atoms with Gasteiger partial charge in [0.05, 0.1) is 9.71 Å². The predicted octanol–water partition coefficient (Wildman–Crippen LogP) is 9.17. The van der Waals surface area contributed by atoms with E-state index in [9.17, 15) is 0 Å². The molecule has 0 N–H and O–H groups in total. The Morgan fingerprint density at radius 3 is 1.62 bits per heavy atom. The third-order valence-electron chi connectivity index (χ3n) is 3.23. The molecule has 0 spiro atoms. The Bertz CT molecular complexity index is 402. The molecule has 2 aromatic heterocycles. The van der Waals surface area contributed by atoms with E-state index in [0.717, 1.165) is 0 Å². The average Bonchev–Trinajstić information content (AvgIpc) is 3.07. The van der Waals surface area contributed by atoms with Gasteiger partial charge in [-0.1, -0.05) is 92.9 Å². The molecule has 0 radical (unpaired) electrons. The van der Waals surface area contributed by atoms with Crippen molar-refractivity contribution in [2.24, 2.45) is 0 Å². The second-order valence-corrected chi connectivity index (χ2v) is 8.14. The summed E-state index contributed by atoms with van der Waals surface area (Å²) < 4.78 is 1.33. The van der Waals surface area contributed by atoms with Crippen LogP contribution in [0.4, 0.5) is 0 Å². The van der Waals surface area contributed by atoms with E-state index in [1.54, 1.807) is 22.7 Å². The van der Waals surface area contributed by atoms with Gasteiger partial charge in [-0.25, -0.2) is 4.98 Å². The molecule has 2 aromatic rings. The van der Waals surface area contributed by atoms with E-state index in [-0.39, 0.29) is 0 Å². The average molecular weight is 372 g/mol. The topological polar surface area (TPSA) is 12.9 Å². The summed E-state index contributed by atoms with van der Waals surface area (Å²) in [6.45, 7) is 17.1. The van der Waals surface area contributed by atoms with Crippen molar-refractivity contribution in [1.29, 1.82) is 0 Å². The Hall–Kier alpha value is -0.410. The fourth-order valence-electron chi connectivity index (χ4n) is 1.98. The highest BCUT2D eigenvalue weighted by atomic mass is 32.1. The van der Waals surface area contributed by atoms with Gasteiger partial charge in [0, 0.05) is 4.88 Å². The van der Waals surface area contributed by atoms with Crippen LogP contribution in [0.1, 0.15) is 103 Å². The van der Waals surface area contributed by atoms with Crippen LogP contribution in [0.25, 0.3) is 9.53 Å². The van der Waals surface area contributed by atoms with Crippen LogP contribution in [0.15, 0.2) is 6.07 Å². The third kappa shape index (κ3) is 14.0. The maximum Gasteiger partial charge on any atom is 0.134 e. The number of thiazole rings is 1. The molecular formula is C21H41NS2. The van der Waals surface area contributed by atoms with Gasteiger partial charge < -0.3 is 0 Å². The van der Waals surface area contributed by atoms with Gasteiger partial charge in [0.25, 0.3) is 0 Å². The van der Waals surface area contributed by atoms with Crippen LogP contribution >= 0.6 is 22.7 Å². The molecule has 0 aliphatic heterocycles. The van der Waals surface area contributed by atoms with E-state index in [0.29, 0.717) is 0 Å². The monoisotopic (exact) mass is 371 g/mol. The molecule has 0 amide bonds. The van der Waals surface area contributed by atoms with Gasteiger partial charge in [-0.2, -0.15) is 0 Å². The van der Waals surface area contributed by atoms with E-state index in [4.69, 9.17) is 0 Å². The number of hydrogen-bond donors (Lipinski definition) is 0.